The van der Waals surface area contributed by atoms with Gasteiger partial charge in [0.15, 0.2) is 0 Å². The molecule has 0 saturated carbocycles. The van der Waals surface area contributed by atoms with E-state index in [4.69, 9.17) is 4.74 Å². The highest BCUT2D eigenvalue weighted by Gasteiger charge is 2.14. The van der Waals surface area contributed by atoms with E-state index in [1.165, 1.54) is 12.0 Å². The average Bonchev–Trinajstić information content (AvgIpc) is 2.89. The molecule has 0 radical (unpaired) electrons. The highest BCUT2D eigenvalue weighted by molar-refractivity contribution is 5.07. The Labute approximate surface area is 109 Å². The largest absolute Gasteiger partial charge is 0.381 e. The summed E-state index contributed by atoms with van der Waals surface area (Å²) in [5.41, 5.74) is 1.27. The van der Waals surface area contributed by atoms with Gasteiger partial charge in [0.05, 0.1) is 6.61 Å². The maximum atomic E-state index is 5.36. The van der Waals surface area contributed by atoms with Crippen LogP contribution in [0.15, 0.2) is 24.5 Å². The van der Waals surface area contributed by atoms with Crippen molar-refractivity contribution in [3.8, 4) is 0 Å². The second kappa shape index (κ2) is 7.46. The van der Waals surface area contributed by atoms with Crippen LogP contribution in [0.5, 0.6) is 0 Å². The van der Waals surface area contributed by atoms with Gasteiger partial charge in [-0.05, 0) is 31.0 Å². The Morgan fingerprint density at radius 1 is 1.56 bits per heavy atom. The topological polar surface area (TPSA) is 37.4 Å². The van der Waals surface area contributed by atoms with Crippen molar-refractivity contribution in [1.29, 1.82) is 0 Å². The fraction of sp³-hybridized carbons (Fsp3) is 0.643. The molecule has 2 rings (SSSR count). The number of aromatic nitrogens is 1. The molecular weight excluding hydrogens is 226 g/mol. The number of rotatable bonds is 7. The Balaban J connectivity index is 1.55. The molecule has 4 nitrogen and oxygen atoms in total. The quantitative estimate of drug-likeness (QED) is 0.735. The molecule has 1 aliphatic rings. The Hall–Kier alpha value is -0.970. The molecule has 1 aromatic heterocycles. The molecule has 1 saturated heterocycles. The van der Waals surface area contributed by atoms with Gasteiger partial charge in [0.2, 0.25) is 0 Å². The van der Waals surface area contributed by atoms with Crippen molar-refractivity contribution < 1.29 is 4.74 Å². The highest BCUT2D eigenvalue weighted by Crippen LogP contribution is 2.10. The third-order valence-electron chi connectivity index (χ3n) is 3.30. The van der Waals surface area contributed by atoms with Gasteiger partial charge in [-0.2, -0.15) is 0 Å². The number of hydrogen-bond acceptors (Lipinski definition) is 4. The van der Waals surface area contributed by atoms with E-state index in [-0.39, 0.29) is 0 Å². The summed E-state index contributed by atoms with van der Waals surface area (Å²) >= 11 is 0. The Morgan fingerprint density at radius 3 is 3.22 bits per heavy atom. The molecular formula is C14H23N3O. The maximum absolute atomic E-state index is 5.36. The average molecular weight is 249 g/mol. The van der Waals surface area contributed by atoms with Crippen molar-refractivity contribution in [2.75, 3.05) is 39.9 Å². The minimum absolute atomic E-state index is 0.716. The molecule has 1 fully saturated rings. The van der Waals surface area contributed by atoms with Crippen molar-refractivity contribution in [3.05, 3.63) is 30.1 Å². The third kappa shape index (κ3) is 4.72. The third-order valence-corrected chi connectivity index (χ3v) is 3.30. The van der Waals surface area contributed by atoms with Crippen molar-refractivity contribution >= 4 is 0 Å². The summed E-state index contributed by atoms with van der Waals surface area (Å²) in [7, 11) is 2.15. The zero-order valence-electron chi connectivity index (χ0n) is 11.1. The molecule has 1 N–H and O–H groups in total. The van der Waals surface area contributed by atoms with Crippen LogP contribution in [0.3, 0.4) is 0 Å². The van der Waals surface area contributed by atoms with E-state index in [2.05, 4.69) is 28.3 Å². The second-order valence-corrected chi connectivity index (χ2v) is 5.03. The number of pyridine rings is 1. The van der Waals surface area contributed by atoms with Crippen molar-refractivity contribution in [2.45, 2.75) is 13.0 Å². The van der Waals surface area contributed by atoms with Crippen molar-refractivity contribution in [1.82, 2.24) is 15.2 Å². The molecule has 0 aliphatic carbocycles. The van der Waals surface area contributed by atoms with E-state index in [1.807, 2.05) is 18.5 Å². The summed E-state index contributed by atoms with van der Waals surface area (Å²) in [6.45, 7) is 6.00. The molecule has 1 atom stereocenters. The van der Waals surface area contributed by atoms with Crippen LogP contribution < -0.4 is 5.32 Å². The van der Waals surface area contributed by atoms with E-state index < -0.39 is 0 Å². The first kappa shape index (κ1) is 13.5. The number of nitrogens with zero attached hydrogens (tertiary/aromatic N) is 2. The summed E-state index contributed by atoms with van der Waals surface area (Å²) in [5.74, 6) is 0.716. The monoisotopic (exact) mass is 249 g/mol. The molecule has 4 heteroatoms. The number of hydrogen-bond donors (Lipinski definition) is 1. The van der Waals surface area contributed by atoms with Gasteiger partial charge in [-0.15, -0.1) is 0 Å². The van der Waals surface area contributed by atoms with Gasteiger partial charge in [0, 0.05) is 45.2 Å². The lowest BCUT2D eigenvalue weighted by Gasteiger charge is -2.17. The highest BCUT2D eigenvalue weighted by atomic mass is 16.5. The molecule has 0 aromatic carbocycles. The van der Waals surface area contributed by atoms with Gasteiger partial charge in [0.25, 0.3) is 0 Å². The first-order chi connectivity index (χ1) is 8.84. The first-order valence-corrected chi connectivity index (χ1v) is 6.70. The van der Waals surface area contributed by atoms with Crippen LogP contribution in [-0.2, 0) is 11.3 Å². The number of likely N-dealkylation sites (N-methyl/N-ethyl adjacent to an activating group) is 1. The van der Waals surface area contributed by atoms with E-state index >= 15 is 0 Å². The van der Waals surface area contributed by atoms with Gasteiger partial charge in [-0.1, -0.05) is 6.07 Å². The summed E-state index contributed by atoms with van der Waals surface area (Å²) in [4.78, 5) is 6.44. The Bertz CT molecular complexity index is 325. The van der Waals surface area contributed by atoms with Crippen molar-refractivity contribution in [2.24, 2.45) is 5.92 Å². The van der Waals surface area contributed by atoms with Gasteiger partial charge < -0.3 is 15.0 Å². The molecule has 0 bridgehead atoms. The van der Waals surface area contributed by atoms with E-state index in [9.17, 15) is 0 Å². The molecule has 0 amide bonds. The molecule has 100 valence electrons. The number of ether oxygens (including phenoxy) is 1. The van der Waals surface area contributed by atoms with Crippen LogP contribution in [0.4, 0.5) is 0 Å². The Kier molecular flexibility index (Phi) is 5.58. The van der Waals surface area contributed by atoms with Crippen LogP contribution >= 0.6 is 0 Å². The SMILES string of the molecule is CN(CCNCC1CCOC1)Cc1cccnc1. The smallest absolute Gasteiger partial charge is 0.0507 e. The fourth-order valence-corrected chi connectivity index (χ4v) is 2.20. The van der Waals surface area contributed by atoms with Crippen LogP contribution in [-0.4, -0.2) is 49.8 Å². The van der Waals surface area contributed by atoms with Gasteiger partial charge in [-0.3, -0.25) is 4.98 Å². The Morgan fingerprint density at radius 2 is 2.50 bits per heavy atom. The number of nitrogens with one attached hydrogen (secondary N) is 1. The van der Waals surface area contributed by atoms with E-state index in [0.717, 1.165) is 39.4 Å². The summed E-state index contributed by atoms with van der Waals surface area (Å²) in [5, 5.41) is 3.51. The molecule has 1 aliphatic heterocycles. The minimum atomic E-state index is 0.716. The van der Waals surface area contributed by atoms with Crippen LogP contribution in [0.2, 0.25) is 0 Å². The fourth-order valence-electron chi connectivity index (χ4n) is 2.20. The second-order valence-electron chi connectivity index (χ2n) is 5.03. The molecule has 1 aromatic rings. The van der Waals surface area contributed by atoms with E-state index in [1.54, 1.807) is 0 Å². The first-order valence-electron chi connectivity index (χ1n) is 6.70. The molecule has 18 heavy (non-hydrogen) atoms. The normalized spacial score (nSPS) is 19.6. The molecule has 2 heterocycles. The molecule has 0 spiro atoms. The van der Waals surface area contributed by atoms with Gasteiger partial charge in [0.1, 0.15) is 0 Å². The lowest BCUT2D eigenvalue weighted by Crippen LogP contribution is -2.32. The summed E-state index contributed by atoms with van der Waals surface area (Å²) < 4.78 is 5.36. The lowest BCUT2D eigenvalue weighted by molar-refractivity contribution is 0.185. The summed E-state index contributed by atoms with van der Waals surface area (Å²) in [6, 6.07) is 4.11. The molecule has 1 unspecified atom stereocenters. The van der Waals surface area contributed by atoms with Gasteiger partial charge >= 0.3 is 0 Å². The van der Waals surface area contributed by atoms with Crippen LogP contribution in [0, 0.1) is 5.92 Å². The van der Waals surface area contributed by atoms with Crippen LogP contribution in [0.25, 0.3) is 0 Å². The minimum Gasteiger partial charge on any atom is -0.381 e. The lowest BCUT2D eigenvalue weighted by atomic mass is 10.1. The predicted molar refractivity (Wildman–Crippen MR) is 72.4 cm³/mol. The zero-order valence-corrected chi connectivity index (χ0v) is 11.1. The standard InChI is InChI=1S/C14H23N3O/c1-17(11-13-3-2-5-15-9-13)7-6-16-10-14-4-8-18-12-14/h2-3,5,9,14,16H,4,6-8,10-12H2,1H3. The van der Waals surface area contributed by atoms with Gasteiger partial charge in [-0.25, -0.2) is 0 Å². The van der Waals surface area contributed by atoms with Crippen LogP contribution in [0.1, 0.15) is 12.0 Å². The van der Waals surface area contributed by atoms with E-state index in [0.29, 0.717) is 5.92 Å². The zero-order chi connectivity index (χ0) is 12.6. The summed E-state index contributed by atoms with van der Waals surface area (Å²) in [6.07, 6.45) is 4.95. The maximum Gasteiger partial charge on any atom is 0.0507 e. The predicted octanol–water partition coefficient (Wildman–Crippen LogP) is 1.14. The van der Waals surface area contributed by atoms with Crippen molar-refractivity contribution in [3.63, 3.8) is 0 Å².